The molecule has 0 bridgehead atoms. The lowest BCUT2D eigenvalue weighted by Crippen LogP contribution is -2.04. The van der Waals surface area contributed by atoms with E-state index in [0.29, 0.717) is 5.39 Å². The Bertz CT molecular complexity index is 753. The van der Waals surface area contributed by atoms with Crippen molar-refractivity contribution in [1.82, 2.24) is 9.55 Å². The van der Waals surface area contributed by atoms with Crippen LogP contribution >= 0.6 is 0 Å². The first-order valence-corrected chi connectivity index (χ1v) is 4.98. The monoisotopic (exact) mass is 214 g/mol. The second-order valence-corrected chi connectivity index (χ2v) is 3.80. The molecule has 0 fully saturated rings. The largest absolute Gasteiger partial charge is 0.503 e. The van der Waals surface area contributed by atoms with Crippen LogP contribution in [0.4, 0.5) is 0 Å². The van der Waals surface area contributed by atoms with Crippen molar-refractivity contribution in [2.24, 2.45) is 7.05 Å². The maximum Gasteiger partial charge on any atom is 0.290 e. The van der Waals surface area contributed by atoms with Crippen molar-refractivity contribution in [3.05, 3.63) is 40.8 Å². The van der Waals surface area contributed by atoms with Gasteiger partial charge in [0.15, 0.2) is 5.75 Å². The van der Waals surface area contributed by atoms with Crippen molar-refractivity contribution < 1.29 is 5.11 Å². The third-order valence-corrected chi connectivity index (χ3v) is 2.94. The standard InChI is InChI=1S/C12H10N2O2/c1-14-8-5-3-2-4-7(8)10-9(14)6-13-12(16)11(10)15/h2-6,15H,1H3,(H,13,16). The van der Waals surface area contributed by atoms with Crippen molar-refractivity contribution in [3.63, 3.8) is 0 Å². The van der Waals surface area contributed by atoms with Crippen LogP contribution in [0.15, 0.2) is 35.3 Å². The van der Waals surface area contributed by atoms with E-state index in [-0.39, 0.29) is 5.75 Å². The van der Waals surface area contributed by atoms with Gasteiger partial charge in [0.2, 0.25) is 0 Å². The minimum absolute atomic E-state index is 0.214. The van der Waals surface area contributed by atoms with Crippen LogP contribution in [-0.4, -0.2) is 14.7 Å². The van der Waals surface area contributed by atoms with Gasteiger partial charge in [-0.25, -0.2) is 0 Å². The molecule has 2 N–H and O–H groups in total. The lowest BCUT2D eigenvalue weighted by molar-refractivity contribution is 0.473. The summed E-state index contributed by atoms with van der Waals surface area (Å²) in [5.41, 5.74) is 1.36. The quantitative estimate of drug-likeness (QED) is 0.598. The van der Waals surface area contributed by atoms with Crippen LogP contribution in [0.1, 0.15) is 0 Å². The number of aromatic nitrogens is 2. The molecular formula is C12H10N2O2. The minimum atomic E-state index is -0.455. The maximum atomic E-state index is 11.4. The van der Waals surface area contributed by atoms with Crippen LogP contribution in [0, 0.1) is 0 Å². The van der Waals surface area contributed by atoms with Gasteiger partial charge in [0.1, 0.15) is 0 Å². The smallest absolute Gasteiger partial charge is 0.290 e. The highest BCUT2D eigenvalue weighted by atomic mass is 16.3. The van der Waals surface area contributed by atoms with Gasteiger partial charge < -0.3 is 14.7 Å². The molecule has 3 aromatic rings. The van der Waals surface area contributed by atoms with Crippen LogP contribution < -0.4 is 5.56 Å². The number of H-pyrrole nitrogens is 1. The van der Waals surface area contributed by atoms with E-state index in [2.05, 4.69) is 4.98 Å². The van der Waals surface area contributed by atoms with Gasteiger partial charge in [-0.2, -0.15) is 0 Å². The molecule has 0 aliphatic carbocycles. The number of aryl methyl sites for hydroxylation is 1. The van der Waals surface area contributed by atoms with Crippen molar-refractivity contribution in [2.75, 3.05) is 0 Å². The summed E-state index contributed by atoms with van der Waals surface area (Å²) >= 11 is 0. The summed E-state index contributed by atoms with van der Waals surface area (Å²) in [7, 11) is 1.91. The van der Waals surface area contributed by atoms with E-state index in [9.17, 15) is 9.90 Å². The molecule has 0 amide bonds. The zero-order valence-electron chi connectivity index (χ0n) is 8.69. The normalized spacial score (nSPS) is 11.3. The molecule has 2 aromatic heterocycles. The van der Waals surface area contributed by atoms with E-state index in [1.807, 2.05) is 35.9 Å². The number of aromatic amines is 1. The zero-order valence-corrected chi connectivity index (χ0v) is 8.69. The predicted octanol–water partition coefficient (Wildman–Crippen LogP) is 1.73. The molecule has 16 heavy (non-hydrogen) atoms. The Hall–Kier alpha value is -2.23. The highest BCUT2D eigenvalue weighted by Crippen LogP contribution is 2.31. The third kappa shape index (κ3) is 0.957. The Labute approximate surface area is 90.8 Å². The number of aromatic hydroxyl groups is 1. The van der Waals surface area contributed by atoms with Gasteiger partial charge in [-0.05, 0) is 6.07 Å². The van der Waals surface area contributed by atoms with Gasteiger partial charge in [-0.1, -0.05) is 18.2 Å². The molecule has 0 spiro atoms. The van der Waals surface area contributed by atoms with E-state index in [1.54, 1.807) is 6.20 Å². The summed E-state index contributed by atoms with van der Waals surface area (Å²) in [6.07, 6.45) is 1.62. The van der Waals surface area contributed by atoms with Gasteiger partial charge in [0, 0.05) is 24.1 Å². The van der Waals surface area contributed by atoms with Crippen LogP contribution in [0.2, 0.25) is 0 Å². The van der Waals surface area contributed by atoms with Crippen LogP contribution in [-0.2, 0) is 7.05 Å². The number of fused-ring (bicyclic) bond motifs is 3. The fourth-order valence-corrected chi connectivity index (χ4v) is 2.15. The summed E-state index contributed by atoms with van der Waals surface area (Å²) in [6.45, 7) is 0. The number of nitrogens with one attached hydrogen (secondary N) is 1. The van der Waals surface area contributed by atoms with Gasteiger partial charge in [-0.15, -0.1) is 0 Å². The maximum absolute atomic E-state index is 11.4. The molecule has 0 aliphatic heterocycles. The van der Waals surface area contributed by atoms with Crippen LogP contribution in [0.3, 0.4) is 0 Å². The summed E-state index contributed by atoms with van der Waals surface area (Å²) in [5.74, 6) is -0.214. The molecular weight excluding hydrogens is 204 g/mol. The molecule has 3 rings (SSSR count). The Morgan fingerprint density at radius 1 is 1.25 bits per heavy atom. The SMILES string of the molecule is Cn1c2ccccc2c2c(O)c(=O)[nH]cc21. The van der Waals surface area contributed by atoms with Crippen LogP contribution in [0.5, 0.6) is 5.75 Å². The molecule has 80 valence electrons. The van der Waals surface area contributed by atoms with E-state index >= 15 is 0 Å². The molecule has 0 radical (unpaired) electrons. The predicted molar refractivity (Wildman–Crippen MR) is 62.7 cm³/mol. The number of hydrogen-bond acceptors (Lipinski definition) is 2. The lowest BCUT2D eigenvalue weighted by Gasteiger charge is -1.96. The molecule has 4 heteroatoms. The van der Waals surface area contributed by atoms with E-state index in [4.69, 9.17) is 0 Å². The van der Waals surface area contributed by atoms with Crippen molar-refractivity contribution >= 4 is 21.8 Å². The first kappa shape index (κ1) is 9.03. The topological polar surface area (TPSA) is 58.0 Å². The number of pyridine rings is 1. The first-order chi connectivity index (χ1) is 7.70. The zero-order chi connectivity index (χ0) is 11.3. The fourth-order valence-electron chi connectivity index (χ4n) is 2.15. The summed E-state index contributed by atoms with van der Waals surface area (Å²) < 4.78 is 1.94. The van der Waals surface area contributed by atoms with Gasteiger partial charge >= 0.3 is 0 Å². The lowest BCUT2D eigenvalue weighted by atomic mass is 10.2. The Morgan fingerprint density at radius 3 is 2.81 bits per heavy atom. The molecule has 0 unspecified atom stereocenters. The highest BCUT2D eigenvalue weighted by molar-refractivity contribution is 6.10. The molecule has 0 aliphatic rings. The Balaban J connectivity index is 2.74. The first-order valence-electron chi connectivity index (χ1n) is 4.98. The molecule has 4 nitrogen and oxygen atoms in total. The second-order valence-electron chi connectivity index (χ2n) is 3.80. The number of rotatable bonds is 0. The number of nitrogens with zero attached hydrogens (tertiary/aromatic N) is 1. The molecule has 0 atom stereocenters. The fraction of sp³-hybridized carbons (Fsp3) is 0.0833. The third-order valence-electron chi connectivity index (χ3n) is 2.94. The number of para-hydroxylation sites is 1. The summed E-state index contributed by atoms with van der Waals surface area (Å²) in [4.78, 5) is 13.9. The number of benzene rings is 1. The van der Waals surface area contributed by atoms with E-state index < -0.39 is 5.56 Å². The summed E-state index contributed by atoms with van der Waals surface area (Å²) in [6, 6.07) is 7.68. The van der Waals surface area contributed by atoms with Gasteiger partial charge in [0.25, 0.3) is 5.56 Å². The molecule has 0 saturated heterocycles. The summed E-state index contributed by atoms with van der Waals surface area (Å²) in [5, 5.41) is 11.3. The van der Waals surface area contributed by atoms with Crippen molar-refractivity contribution in [2.45, 2.75) is 0 Å². The van der Waals surface area contributed by atoms with Crippen LogP contribution in [0.25, 0.3) is 21.8 Å². The van der Waals surface area contributed by atoms with Crippen molar-refractivity contribution in [3.8, 4) is 5.75 Å². The van der Waals surface area contributed by atoms with Gasteiger partial charge in [0.05, 0.1) is 10.9 Å². The average molecular weight is 214 g/mol. The van der Waals surface area contributed by atoms with E-state index in [0.717, 1.165) is 16.4 Å². The molecule has 0 saturated carbocycles. The second kappa shape index (κ2) is 2.88. The van der Waals surface area contributed by atoms with Gasteiger partial charge in [-0.3, -0.25) is 4.79 Å². The number of hydrogen-bond donors (Lipinski definition) is 2. The highest BCUT2D eigenvalue weighted by Gasteiger charge is 2.13. The van der Waals surface area contributed by atoms with E-state index in [1.165, 1.54) is 0 Å². The molecule has 1 aromatic carbocycles. The Morgan fingerprint density at radius 2 is 2.00 bits per heavy atom. The minimum Gasteiger partial charge on any atom is -0.503 e. The van der Waals surface area contributed by atoms with Crippen molar-refractivity contribution in [1.29, 1.82) is 0 Å². The average Bonchev–Trinajstić information content (AvgIpc) is 2.59. The Kier molecular flexibility index (Phi) is 1.63. The molecule has 2 heterocycles.